The van der Waals surface area contributed by atoms with E-state index in [-0.39, 0.29) is 11.4 Å². The number of likely N-dealkylation sites (N-methyl/N-ethyl adjacent to an activating group) is 1. The number of nitrogens with zero attached hydrogens (tertiary/aromatic N) is 1. The van der Waals surface area contributed by atoms with Crippen LogP contribution in [0.4, 0.5) is 0 Å². The maximum absolute atomic E-state index is 12.1. The average molecular weight is 430 g/mol. The number of ether oxygens (including phenoxy) is 1. The van der Waals surface area contributed by atoms with Crippen molar-refractivity contribution in [3.63, 3.8) is 0 Å². The van der Waals surface area contributed by atoms with Crippen LogP contribution in [-0.2, 0) is 14.8 Å². The van der Waals surface area contributed by atoms with E-state index in [4.69, 9.17) is 4.74 Å². The van der Waals surface area contributed by atoms with Crippen molar-refractivity contribution < 1.29 is 13.2 Å². The topological polar surface area (TPSA) is 58.6 Å². The van der Waals surface area contributed by atoms with Gasteiger partial charge in [0, 0.05) is 22.0 Å². The molecule has 0 amide bonds. The summed E-state index contributed by atoms with van der Waals surface area (Å²) >= 11 is 6.50. The van der Waals surface area contributed by atoms with Gasteiger partial charge in [-0.1, -0.05) is 15.9 Å². The highest BCUT2D eigenvalue weighted by Crippen LogP contribution is 2.25. The summed E-state index contributed by atoms with van der Waals surface area (Å²) in [7, 11) is 0.376. The first-order chi connectivity index (χ1) is 9.33. The molecule has 0 aliphatic heterocycles. The Labute approximate surface area is 137 Å². The second kappa shape index (κ2) is 8.45. The lowest BCUT2D eigenvalue weighted by molar-refractivity contribution is 0.122. The van der Waals surface area contributed by atoms with Crippen LogP contribution in [0, 0.1) is 0 Å². The molecule has 0 saturated carbocycles. The largest absolute Gasteiger partial charge is 0.379 e. The van der Waals surface area contributed by atoms with Gasteiger partial charge in [-0.15, -0.1) is 0 Å². The zero-order chi connectivity index (χ0) is 15.2. The van der Waals surface area contributed by atoms with Gasteiger partial charge in [0.25, 0.3) is 0 Å². The molecule has 1 rings (SSSR count). The zero-order valence-electron chi connectivity index (χ0n) is 11.4. The first-order valence-electron chi connectivity index (χ1n) is 6.00. The van der Waals surface area contributed by atoms with Gasteiger partial charge in [-0.25, -0.2) is 13.1 Å². The third-order valence-corrected chi connectivity index (χ3v) is 5.35. The Kier molecular flexibility index (Phi) is 7.63. The lowest BCUT2D eigenvalue weighted by atomic mass is 10.4. The van der Waals surface area contributed by atoms with Gasteiger partial charge < -0.3 is 9.64 Å². The molecular formula is C12H18Br2N2O3S. The fourth-order valence-electron chi connectivity index (χ4n) is 1.36. The number of hydrogen-bond donors (Lipinski definition) is 1. The number of benzene rings is 1. The van der Waals surface area contributed by atoms with Crippen LogP contribution in [0.5, 0.6) is 0 Å². The highest BCUT2D eigenvalue weighted by molar-refractivity contribution is 9.11. The smallest absolute Gasteiger partial charge is 0.241 e. The molecule has 1 N–H and O–H groups in total. The van der Waals surface area contributed by atoms with Crippen LogP contribution in [0.3, 0.4) is 0 Å². The number of nitrogens with one attached hydrogen (secondary N) is 1. The van der Waals surface area contributed by atoms with E-state index in [0.717, 1.165) is 6.54 Å². The van der Waals surface area contributed by atoms with Crippen molar-refractivity contribution in [3.05, 3.63) is 27.1 Å². The summed E-state index contributed by atoms with van der Waals surface area (Å²) < 4.78 is 33.3. The molecule has 0 bridgehead atoms. The molecule has 0 spiro atoms. The highest BCUT2D eigenvalue weighted by atomic mass is 79.9. The molecule has 0 aromatic heterocycles. The molecule has 0 aliphatic rings. The van der Waals surface area contributed by atoms with Gasteiger partial charge in [-0.2, -0.15) is 0 Å². The molecule has 0 radical (unpaired) electrons. The number of sulfonamides is 1. The van der Waals surface area contributed by atoms with Gasteiger partial charge in [0.2, 0.25) is 10.0 Å². The Balaban J connectivity index is 2.48. The number of halogens is 2. The van der Waals surface area contributed by atoms with Crippen LogP contribution in [0.1, 0.15) is 0 Å². The number of rotatable bonds is 8. The van der Waals surface area contributed by atoms with Crippen LogP contribution in [0.2, 0.25) is 0 Å². The zero-order valence-corrected chi connectivity index (χ0v) is 15.4. The minimum Gasteiger partial charge on any atom is -0.379 e. The van der Waals surface area contributed by atoms with Crippen molar-refractivity contribution in [2.45, 2.75) is 4.90 Å². The standard InChI is InChI=1S/C12H18Br2N2O3S/c1-16(2)6-8-19-7-5-15-20(17,18)12-9-10(13)3-4-11(12)14/h3-4,9,15H,5-8H2,1-2H3. The second-order valence-electron chi connectivity index (χ2n) is 4.39. The summed E-state index contributed by atoms with van der Waals surface area (Å²) in [4.78, 5) is 2.21. The lowest BCUT2D eigenvalue weighted by Gasteiger charge is -2.11. The Bertz CT molecular complexity index is 536. The fourth-order valence-corrected chi connectivity index (χ4v) is 3.87. The summed E-state index contributed by atoms with van der Waals surface area (Å²) in [6.45, 7) is 1.98. The van der Waals surface area contributed by atoms with E-state index in [1.165, 1.54) is 0 Å². The van der Waals surface area contributed by atoms with Crippen LogP contribution < -0.4 is 4.72 Å². The van der Waals surface area contributed by atoms with E-state index in [1.807, 2.05) is 19.0 Å². The van der Waals surface area contributed by atoms with Crippen molar-refractivity contribution >= 4 is 41.9 Å². The molecule has 1 aromatic carbocycles. The van der Waals surface area contributed by atoms with Crippen molar-refractivity contribution in [1.29, 1.82) is 0 Å². The number of hydrogen-bond acceptors (Lipinski definition) is 4. The van der Waals surface area contributed by atoms with E-state index in [1.54, 1.807) is 18.2 Å². The third-order valence-electron chi connectivity index (χ3n) is 2.40. The highest BCUT2D eigenvalue weighted by Gasteiger charge is 2.17. The van der Waals surface area contributed by atoms with Gasteiger partial charge in [0.05, 0.1) is 18.1 Å². The maximum atomic E-state index is 12.1. The molecule has 0 aliphatic carbocycles. The second-order valence-corrected chi connectivity index (χ2v) is 7.89. The van der Waals surface area contributed by atoms with Crippen LogP contribution >= 0.6 is 31.9 Å². The molecule has 20 heavy (non-hydrogen) atoms. The molecule has 0 atom stereocenters. The van der Waals surface area contributed by atoms with E-state index in [9.17, 15) is 8.42 Å². The Morgan fingerprint density at radius 3 is 2.60 bits per heavy atom. The molecular weight excluding hydrogens is 412 g/mol. The van der Waals surface area contributed by atoms with Gasteiger partial charge in [0.1, 0.15) is 0 Å². The molecule has 114 valence electrons. The SMILES string of the molecule is CN(C)CCOCCNS(=O)(=O)c1cc(Br)ccc1Br. The lowest BCUT2D eigenvalue weighted by Crippen LogP contribution is -2.28. The molecule has 0 saturated heterocycles. The van der Waals surface area contributed by atoms with Crippen LogP contribution in [-0.4, -0.2) is 53.7 Å². The normalized spacial score (nSPS) is 12.1. The van der Waals surface area contributed by atoms with Crippen molar-refractivity contribution in [2.75, 3.05) is 40.4 Å². The van der Waals surface area contributed by atoms with Crippen LogP contribution in [0.25, 0.3) is 0 Å². The molecule has 0 heterocycles. The van der Waals surface area contributed by atoms with Crippen molar-refractivity contribution in [3.8, 4) is 0 Å². The first kappa shape index (κ1) is 18.1. The van der Waals surface area contributed by atoms with E-state index < -0.39 is 10.0 Å². The quantitative estimate of drug-likeness (QED) is 0.642. The first-order valence-corrected chi connectivity index (χ1v) is 9.07. The Morgan fingerprint density at radius 1 is 1.25 bits per heavy atom. The van der Waals surface area contributed by atoms with Crippen LogP contribution in [0.15, 0.2) is 32.0 Å². The Morgan fingerprint density at radius 2 is 1.95 bits per heavy atom. The van der Waals surface area contributed by atoms with Crippen molar-refractivity contribution in [1.82, 2.24) is 9.62 Å². The maximum Gasteiger partial charge on any atom is 0.241 e. The Hall–Kier alpha value is 0.01000. The summed E-state index contributed by atoms with van der Waals surface area (Å²) in [5, 5.41) is 0. The van der Waals surface area contributed by atoms with Gasteiger partial charge in [-0.3, -0.25) is 0 Å². The van der Waals surface area contributed by atoms with Crippen molar-refractivity contribution in [2.24, 2.45) is 0 Å². The molecule has 0 unspecified atom stereocenters. The minimum absolute atomic E-state index is 0.208. The summed E-state index contributed by atoms with van der Waals surface area (Å²) in [5.74, 6) is 0. The van der Waals surface area contributed by atoms with E-state index in [0.29, 0.717) is 22.2 Å². The summed E-state index contributed by atoms with van der Waals surface area (Å²) in [6.07, 6.45) is 0. The van der Waals surface area contributed by atoms with Gasteiger partial charge in [0.15, 0.2) is 0 Å². The average Bonchev–Trinajstić information content (AvgIpc) is 2.36. The summed E-state index contributed by atoms with van der Waals surface area (Å²) in [5.41, 5.74) is 0. The molecule has 5 nitrogen and oxygen atoms in total. The van der Waals surface area contributed by atoms with E-state index >= 15 is 0 Å². The predicted molar refractivity (Wildman–Crippen MR) is 86.4 cm³/mol. The van der Waals surface area contributed by atoms with Gasteiger partial charge >= 0.3 is 0 Å². The molecule has 8 heteroatoms. The molecule has 0 fully saturated rings. The molecule has 1 aromatic rings. The predicted octanol–water partition coefficient (Wildman–Crippen LogP) is 2.07. The third kappa shape index (κ3) is 6.19. The summed E-state index contributed by atoms with van der Waals surface area (Å²) in [6, 6.07) is 5.01. The minimum atomic E-state index is -3.53. The van der Waals surface area contributed by atoms with Gasteiger partial charge in [-0.05, 0) is 48.2 Å². The monoisotopic (exact) mass is 428 g/mol. The van der Waals surface area contributed by atoms with E-state index in [2.05, 4.69) is 36.6 Å². The fraction of sp³-hybridized carbons (Fsp3) is 0.500.